The number of hydrogen-bond donors (Lipinski definition) is 5. The Kier molecular flexibility index (Phi) is 10.1. The maximum atomic E-state index is 11.9. The molecule has 0 aromatic heterocycles. The Morgan fingerprint density at radius 2 is 1.68 bits per heavy atom. The van der Waals surface area contributed by atoms with Gasteiger partial charge in [0.1, 0.15) is 5.75 Å². The molecule has 1 heterocycles. The van der Waals surface area contributed by atoms with Crippen LogP contribution in [0.25, 0.3) is 0 Å². The summed E-state index contributed by atoms with van der Waals surface area (Å²) in [4.78, 5) is 22.2. The maximum Gasteiger partial charge on any atom is 0.490 e. The minimum absolute atomic E-state index is 0.0269. The molecule has 1 aromatic rings. The standard InChI is InChI=1S/C15H19Cl3N2O4.C2HF3O2/c16-8-5-9(22)11(13(18)12(8)17)14(19)7-1-3-20(4-2-7)15(24)10(23)6-21;3-2(4,5)1(6)7/h5,7,10,14,21-23H,1-4,6,19H2;(H,6,7)/t10-,14-;/m1./s1. The number of nitrogens with two attached hydrogens (primary N) is 1. The molecule has 0 saturated carbocycles. The number of piperidine rings is 1. The van der Waals surface area contributed by atoms with Crippen molar-refractivity contribution in [3.63, 3.8) is 0 Å². The normalized spacial score (nSPS) is 16.9. The van der Waals surface area contributed by atoms with E-state index in [1.54, 1.807) is 0 Å². The number of aliphatic hydroxyl groups is 2. The molecule has 1 aromatic carbocycles. The van der Waals surface area contributed by atoms with E-state index in [0.29, 0.717) is 31.5 Å². The van der Waals surface area contributed by atoms with E-state index in [-0.39, 0.29) is 26.7 Å². The number of carboxylic acids is 1. The molecule has 31 heavy (non-hydrogen) atoms. The lowest BCUT2D eigenvalue weighted by atomic mass is 9.85. The van der Waals surface area contributed by atoms with Gasteiger partial charge >= 0.3 is 12.1 Å². The number of phenols is 1. The van der Waals surface area contributed by atoms with Crippen LogP contribution in [0.4, 0.5) is 13.2 Å². The molecule has 1 fully saturated rings. The fraction of sp³-hybridized carbons (Fsp3) is 0.529. The number of aromatic hydroxyl groups is 1. The molecule has 8 nitrogen and oxygen atoms in total. The minimum Gasteiger partial charge on any atom is -0.507 e. The third-order valence-electron chi connectivity index (χ3n) is 4.57. The highest BCUT2D eigenvalue weighted by Crippen LogP contribution is 2.44. The predicted molar refractivity (Wildman–Crippen MR) is 106 cm³/mol. The highest BCUT2D eigenvalue weighted by Gasteiger charge is 2.38. The molecule has 1 aliphatic rings. The van der Waals surface area contributed by atoms with E-state index < -0.39 is 36.8 Å². The second kappa shape index (κ2) is 11.4. The summed E-state index contributed by atoms with van der Waals surface area (Å²) in [7, 11) is 0. The number of alkyl halides is 3. The number of amides is 1. The van der Waals surface area contributed by atoms with Crippen molar-refractivity contribution in [1.29, 1.82) is 0 Å². The van der Waals surface area contributed by atoms with Gasteiger partial charge in [-0.2, -0.15) is 13.2 Å². The number of carbonyl (C=O) groups is 2. The zero-order valence-electron chi connectivity index (χ0n) is 15.7. The zero-order valence-corrected chi connectivity index (χ0v) is 18.0. The van der Waals surface area contributed by atoms with E-state index >= 15 is 0 Å². The molecule has 0 bridgehead atoms. The van der Waals surface area contributed by atoms with E-state index in [1.165, 1.54) is 11.0 Å². The number of carbonyl (C=O) groups excluding carboxylic acids is 1. The number of rotatable bonds is 4. The third-order valence-corrected chi connectivity index (χ3v) is 5.85. The van der Waals surface area contributed by atoms with Crippen LogP contribution in [0.2, 0.25) is 15.1 Å². The highest BCUT2D eigenvalue weighted by atomic mass is 35.5. The Morgan fingerprint density at radius 1 is 1.19 bits per heavy atom. The van der Waals surface area contributed by atoms with Crippen LogP contribution in [-0.4, -0.2) is 69.2 Å². The summed E-state index contributed by atoms with van der Waals surface area (Å²) < 4.78 is 31.7. The summed E-state index contributed by atoms with van der Waals surface area (Å²) in [6.45, 7) is 0.187. The minimum atomic E-state index is -5.08. The van der Waals surface area contributed by atoms with Gasteiger partial charge in [0.25, 0.3) is 5.91 Å². The molecule has 2 rings (SSSR count). The first kappa shape index (κ1) is 27.5. The first-order valence-corrected chi connectivity index (χ1v) is 9.85. The van der Waals surface area contributed by atoms with Crippen LogP contribution in [-0.2, 0) is 9.59 Å². The van der Waals surface area contributed by atoms with Gasteiger partial charge in [0.15, 0.2) is 6.10 Å². The number of phenolic OH excluding ortho intramolecular Hbond substituents is 1. The van der Waals surface area contributed by atoms with Gasteiger partial charge < -0.3 is 31.1 Å². The van der Waals surface area contributed by atoms with Crippen molar-refractivity contribution < 1.29 is 43.2 Å². The fourth-order valence-corrected chi connectivity index (χ4v) is 3.64. The molecule has 14 heteroatoms. The number of carboxylic acid groups (broad SMARTS) is 1. The lowest BCUT2D eigenvalue weighted by molar-refractivity contribution is -0.192. The van der Waals surface area contributed by atoms with Crippen molar-refractivity contribution in [2.75, 3.05) is 19.7 Å². The second-order valence-corrected chi connectivity index (χ2v) is 7.77. The number of hydrogen-bond acceptors (Lipinski definition) is 6. The predicted octanol–water partition coefficient (Wildman–Crippen LogP) is 2.58. The molecule has 1 aliphatic heterocycles. The monoisotopic (exact) mass is 510 g/mol. The van der Waals surface area contributed by atoms with Crippen LogP contribution in [0.5, 0.6) is 5.75 Å². The van der Waals surface area contributed by atoms with E-state index in [4.69, 9.17) is 55.5 Å². The average molecular weight is 512 g/mol. The van der Waals surface area contributed by atoms with Gasteiger partial charge in [0, 0.05) is 30.8 Å². The summed E-state index contributed by atoms with van der Waals surface area (Å²) >= 11 is 18.1. The lowest BCUT2D eigenvalue weighted by Gasteiger charge is -2.36. The van der Waals surface area contributed by atoms with Crippen LogP contribution in [0.15, 0.2) is 6.07 Å². The quantitative estimate of drug-likeness (QED) is 0.391. The number of benzene rings is 1. The Bertz CT molecular complexity index is 804. The van der Waals surface area contributed by atoms with E-state index in [9.17, 15) is 28.2 Å². The van der Waals surface area contributed by atoms with Gasteiger partial charge in [0.05, 0.1) is 21.7 Å². The molecule has 1 saturated heterocycles. The van der Waals surface area contributed by atoms with Gasteiger partial charge in [-0.1, -0.05) is 34.8 Å². The van der Waals surface area contributed by atoms with Gasteiger partial charge in [-0.25, -0.2) is 4.79 Å². The van der Waals surface area contributed by atoms with Crippen molar-refractivity contribution in [3.05, 3.63) is 26.7 Å². The molecule has 0 aliphatic carbocycles. The van der Waals surface area contributed by atoms with E-state index in [2.05, 4.69) is 0 Å². The topological polar surface area (TPSA) is 144 Å². The smallest absolute Gasteiger partial charge is 0.490 e. The summed E-state index contributed by atoms with van der Waals surface area (Å²) in [6.07, 6.45) is -5.34. The molecule has 2 atom stereocenters. The summed E-state index contributed by atoms with van der Waals surface area (Å²) in [5, 5.41) is 35.9. The second-order valence-electron chi connectivity index (χ2n) is 6.61. The lowest BCUT2D eigenvalue weighted by Crippen LogP contribution is -2.46. The molecular weight excluding hydrogens is 492 g/mol. The molecular formula is C17H20Cl3F3N2O6. The van der Waals surface area contributed by atoms with Crippen molar-refractivity contribution in [3.8, 4) is 5.75 Å². The van der Waals surface area contributed by atoms with Crippen LogP contribution in [0.1, 0.15) is 24.4 Å². The van der Waals surface area contributed by atoms with Crippen molar-refractivity contribution in [2.45, 2.75) is 31.2 Å². The zero-order chi connectivity index (χ0) is 24.1. The van der Waals surface area contributed by atoms with Gasteiger partial charge in [-0.3, -0.25) is 4.79 Å². The van der Waals surface area contributed by atoms with Gasteiger partial charge in [-0.05, 0) is 18.8 Å². The largest absolute Gasteiger partial charge is 0.507 e. The van der Waals surface area contributed by atoms with E-state index in [0.717, 1.165) is 0 Å². The molecule has 0 unspecified atom stereocenters. The van der Waals surface area contributed by atoms with Crippen molar-refractivity contribution in [2.24, 2.45) is 11.7 Å². The summed E-state index contributed by atoms with van der Waals surface area (Å²) in [5.74, 6) is -3.40. The Morgan fingerprint density at radius 3 is 2.10 bits per heavy atom. The number of nitrogens with zero attached hydrogens (tertiary/aromatic N) is 1. The number of likely N-dealkylation sites (tertiary alicyclic amines) is 1. The van der Waals surface area contributed by atoms with Crippen molar-refractivity contribution >= 4 is 46.7 Å². The first-order valence-electron chi connectivity index (χ1n) is 8.72. The maximum absolute atomic E-state index is 11.9. The average Bonchev–Trinajstić information content (AvgIpc) is 2.70. The van der Waals surface area contributed by atoms with Crippen LogP contribution >= 0.6 is 34.8 Å². The Labute approximate surface area is 189 Å². The molecule has 0 spiro atoms. The van der Waals surface area contributed by atoms with Crippen LogP contribution in [0.3, 0.4) is 0 Å². The SMILES string of the molecule is N[C@@H](c1c(O)cc(Cl)c(Cl)c1Cl)C1CCN(C(=O)[C@H](O)CO)CC1.O=C(O)C(F)(F)F. The Hall–Kier alpha value is -1.50. The van der Waals surface area contributed by atoms with Gasteiger partial charge in [-0.15, -0.1) is 0 Å². The van der Waals surface area contributed by atoms with Crippen LogP contribution in [0, 0.1) is 5.92 Å². The van der Waals surface area contributed by atoms with Crippen molar-refractivity contribution in [1.82, 2.24) is 4.90 Å². The van der Waals surface area contributed by atoms with Crippen LogP contribution < -0.4 is 5.73 Å². The summed E-state index contributed by atoms with van der Waals surface area (Å²) in [5.41, 5.74) is 6.60. The van der Waals surface area contributed by atoms with E-state index in [1.807, 2.05) is 0 Å². The highest BCUT2D eigenvalue weighted by molar-refractivity contribution is 6.48. The third kappa shape index (κ3) is 7.26. The molecule has 6 N–H and O–H groups in total. The summed E-state index contributed by atoms with van der Waals surface area (Å²) in [6, 6.07) is 0.744. The molecule has 1 amide bonds. The first-order chi connectivity index (χ1) is 14.2. The molecule has 0 radical (unpaired) electrons. The fourth-order valence-electron chi connectivity index (χ4n) is 2.92. The number of aliphatic carboxylic acids is 1. The number of aliphatic hydroxyl groups excluding tert-OH is 2. The van der Waals surface area contributed by atoms with Gasteiger partial charge in [0.2, 0.25) is 0 Å². The molecule has 176 valence electrons. The number of halogens is 6. The Balaban J connectivity index is 0.000000592.